The Morgan fingerprint density at radius 2 is 2.04 bits per heavy atom. The maximum Gasteiger partial charge on any atom is 0.242 e. The zero-order chi connectivity index (χ0) is 16.8. The van der Waals surface area contributed by atoms with Crippen LogP contribution in [-0.2, 0) is 11.2 Å². The molecule has 0 aliphatic carbocycles. The van der Waals surface area contributed by atoms with E-state index in [-0.39, 0.29) is 11.2 Å². The smallest absolute Gasteiger partial charge is 0.242 e. The van der Waals surface area contributed by atoms with E-state index in [4.69, 9.17) is 0 Å². The highest BCUT2D eigenvalue weighted by atomic mass is 32.2. The lowest BCUT2D eigenvalue weighted by Gasteiger charge is -2.12. The monoisotopic (exact) mass is 355 g/mol. The summed E-state index contributed by atoms with van der Waals surface area (Å²) in [5.41, 5.74) is 1.14. The molecule has 2 heterocycles. The van der Waals surface area contributed by atoms with Crippen LogP contribution in [0.1, 0.15) is 10.4 Å². The van der Waals surface area contributed by atoms with Crippen molar-refractivity contribution in [3.63, 3.8) is 0 Å². The summed E-state index contributed by atoms with van der Waals surface area (Å²) in [6.45, 7) is 4.18. The lowest BCUT2D eigenvalue weighted by atomic mass is 10.1. The van der Waals surface area contributed by atoms with Gasteiger partial charge in [-0.15, -0.1) is 23.0 Å². The van der Waals surface area contributed by atoms with E-state index in [1.54, 1.807) is 28.5 Å². The van der Waals surface area contributed by atoms with Gasteiger partial charge >= 0.3 is 0 Å². The Balaban J connectivity index is 1.75. The van der Waals surface area contributed by atoms with Crippen molar-refractivity contribution in [1.82, 2.24) is 4.90 Å². The molecule has 1 saturated heterocycles. The van der Waals surface area contributed by atoms with Gasteiger partial charge in [0, 0.05) is 11.4 Å². The van der Waals surface area contributed by atoms with E-state index in [1.165, 1.54) is 11.8 Å². The molecular weight excluding hydrogens is 338 g/mol. The summed E-state index contributed by atoms with van der Waals surface area (Å²) in [6, 6.07) is 14.0. The van der Waals surface area contributed by atoms with Gasteiger partial charge in [0.15, 0.2) is 5.17 Å². The van der Waals surface area contributed by atoms with Crippen LogP contribution in [0.5, 0.6) is 0 Å². The summed E-state index contributed by atoms with van der Waals surface area (Å²) in [7, 11) is 0. The average Bonchev–Trinajstić information content (AvgIpc) is 3.20. The highest BCUT2D eigenvalue weighted by Gasteiger charge is 2.37. The number of nitrogens with zero attached hydrogens (tertiary/aromatic N) is 3. The molecule has 1 aromatic carbocycles. The molecule has 0 radical (unpaired) electrons. The molecule has 1 aliphatic rings. The molecule has 1 amide bonds. The first-order valence-corrected chi connectivity index (χ1v) is 9.31. The molecule has 0 N–H and O–H groups in total. The average molecular weight is 355 g/mol. The number of amides is 1. The van der Waals surface area contributed by atoms with Gasteiger partial charge in [-0.1, -0.05) is 54.2 Å². The van der Waals surface area contributed by atoms with E-state index in [9.17, 15) is 4.79 Å². The summed E-state index contributed by atoms with van der Waals surface area (Å²) in [6.07, 6.45) is 4.10. The Kier molecular flexibility index (Phi) is 5.61. The largest absolute Gasteiger partial charge is 0.285 e. The van der Waals surface area contributed by atoms with Crippen molar-refractivity contribution in [2.24, 2.45) is 10.2 Å². The normalized spacial score (nSPS) is 19.5. The summed E-state index contributed by atoms with van der Waals surface area (Å²) in [5, 5.41) is 10.8. The molecule has 2 aromatic rings. The van der Waals surface area contributed by atoms with Gasteiger partial charge in [0.25, 0.3) is 0 Å². The summed E-state index contributed by atoms with van der Waals surface area (Å²) < 4.78 is 0. The van der Waals surface area contributed by atoms with Crippen molar-refractivity contribution < 1.29 is 4.79 Å². The number of carbonyl (C=O) groups excluding carboxylic acids is 1. The van der Waals surface area contributed by atoms with E-state index < -0.39 is 0 Å². The van der Waals surface area contributed by atoms with Crippen molar-refractivity contribution in [3.05, 3.63) is 70.9 Å². The van der Waals surface area contributed by atoms with Crippen molar-refractivity contribution >= 4 is 40.4 Å². The molecule has 0 spiro atoms. The third kappa shape index (κ3) is 4.01. The minimum atomic E-state index is -0.164. The summed E-state index contributed by atoms with van der Waals surface area (Å²) in [5.74, 6) is 0.0637. The molecule has 1 aliphatic heterocycles. The Morgan fingerprint density at radius 3 is 2.75 bits per heavy atom. The topological polar surface area (TPSA) is 45.0 Å². The number of hydrogen-bond donors (Lipinski definition) is 0. The molecule has 0 saturated carbocycles. The van der Waals surface area contributed by atoms with Crippen molar-refractivity contribution in [2.45, 2.75) is 11.7 Å². The zero-order valence-electron chi connectivity index (χ0n) is 13.0. The fraction of sp³-hybridized carbons (Fsp3) is 0.167. The second-order valence-electron chi connectivity index (χ2n) is 5.18. The molecule has 3 rings (SSSR count). The maximum atomic E-state index is 12.6. The maximum absolute atomic E-state index is 12.6. The van der Waals surface area contributed by atoms with Crippen LogP contribution in [0.2, 0.25) is 0 Å². The van der Waals surface area contributed by atoms with Gasteiger partial charge in [0.05, 0.1) is 11.5 Å². The van der Waals surface area contributed by atoms with Crippen LogP contribution >= 0.6 is 23.1 Å². The Hall–Kier alpha value is -2.18. The van der Waals surface area contributed by atoms with Crippen LogP contribution in [0.15, 0.2) is 70.7 Å². The molecule has 1 fully saturated rings. The SMILES string of the molecule is C=CCN1C(=O)[C@H](Cc2ccccc2)S/C1=N/N=C\c1cccs1. The van der Waals surface area contributed by atoms with Gasteiger partial charge in [-0.2, -0.15) is 5.10 Å². The highest BCUT2D eigenvalue weighted by molar-refractivity contribution is 8.15. The van der Waals surface area contributed by atoms with E-state index in [0.29, 0.717) is 18.1 Å². The lowest BCUT2D eigenvalue weighted by Crippen LogP contribution is -2.32. The number of rotatable bonds is 6. The van der Waals surface area contributed by atoms with Crippen LogP contribution in [0.25, 0.3) is 0 Å². The first-order chi connectivity index (χ1) is 11.8. The van der Waals surface area contributed by atoms with Crippen LogP contribution in [0, 0.1) is 0 Å². The lowest BCUT2D eigenvalue weighted by molar-refractivity contribution is -0.125. The van der Waals surface area contributed by atoms with Gasteiger partial charge in [-0.3, -0.25) is 9.69 Å². The molecule has 122 valence electrons. The molecule has 0 bridgehead atoms. The third-order valence-corrected chi connectivity index (χ3v) is 5.44. The predicted molar refractivity (Wildman–Crippen MR) is 103 cm³/mol. The van der Waals surface area contributed by atoms with E-state index >= 15 is 0 Å². The fourth-order valence-electron chi connectivity index (χ4n) is 2.34. The van der Waals surface area contributed by atoms with E-state index in [2.05, 4.69) is 16.8 Å². The second kappa shape index (κ2) is 8.08. The standard InChI is InChI=1S/C18H17N3OS2/c1-2-10-21-17(22)16(12-14-7-4-3-5-8-14)24-18(21)20-19-13-15-9-6-11-23-15/h2-9,11,13,16H,1,10,12H2/b19-13-,20-18+/t16-/m0/s1. The Morgan fingerprint density at radius 1 is 1.21 bits per heavy atom. The van der Waals surface area contributed by atoms with Gasteiger partial charge in [-0.25, -0.2) is 0 Å². The molecule has 1 atom stereocenters. The van der Waals surface area contributed by atoms with Crippen LogP contribution in [0.4, 0.5) is 0 Å². The summed E-state index contributed by atoms with van der Waals surface area (Å²) in [4.78, 5) is 15.3. The van der Waals surface area contributed by atoms with Gasteiger partial charge in [0.1, 0.15) is 0 Å². The van der Waals surface area contributed by atoms with E-state index in [1.807, 2.05) is 47.8 Å². The van der Waals surface area contributed by atoms with Crippen molar-refractivity contribution in [1.29, 1.82) is 0 Å². The molecular formula is C18H17N3OS2. The predicted octanol–water partition coefficient (Wildman–Crippen LogP) is 3.81. The number of benzene rings is 1. The van der Waals surface area contributed by atoms with Gasteiger partial charge in [-0.05, 0) is 23.4 Å². The first kappa shape index (κ1) is 16.7. The molecule has 0 unspecified atom stereocenters. The Bertz CT molecular complexity index is 754. The highest BCUT2D eigenvalue weighted by Crippen LogP contribution is 2.30. The molecule has 24 heavy (non-hydrogen) atoms. The second-order valence-corrected chi connectivity index (χ2v) is 7.33. The van der Waals surface area contributed by atoms with Crippen LogP contribution in [-0.4, -0.2) is 34.0 Å². The quantitative estimate of drug-likeness (QED) is 0.449. The van der Waals surface area contributed by atoms with Gasteiger partial charge < -0.3 is 0 Å². The van der Waals surface area contributed by atoms with Crippen LogP contribution in [0.3, 0.4) is 0 Å². The molecule has 6 heteroatoms. The number of thiophene rings is 1. The Labute approximate surface area is 149 Å². The third-order valence-electron chi connectivity index (χ3n) is 3.47. The first-order valence-electron chi connectivity index (χ1n) is 7.55. The minimum absolute atomic E-state index is 0.0637. The van der Waals surface area contributed by atoms with Crippen molar-refractivity contribution in [3.8, 4) is 0 Å². The number of hydrogen-bond acceptors (Lipinski definition) is 5. The van der Waals surface area contributed by atoms with E-state index in [0.717, 1.165) is 10.4 Å². The molecule has 4 nitrogen and oxygen atoms in total. The summed E-state index contributed by atoms with van der Waals surface area (Å²) >= 11 is 3.06. The number of thioether (sulfide) groups is 1. The molecule has 1 aromatic heterocycles. The minimum Gasteiger partial charge on any atom is -0.285 e. The zero-order valence-corrected chi connectivity index (χ0v) is 14.7. The van der Waals surface area contributed by atoms with Gasteiger partial charge in [0.2, 0.25) is 5.91 Å². The van der Waals surface area contributed by atoms with Crippen molar-refractivity contribution in [2.75, 3.05) is 6.54 Å². The number of amidine groups is 1. The van der Waals surface area contributed by atoms with Crippen LogP contribution < -0.4 is 0 Å². The fourth-order valence-corrected chi connectivity index (χ4v) is 4.06. The number of carbonyl (C=O) groups is 1.